The number of amides is 1. The van der Waals surface area contributed by atoms with Crippen LogP contribution in [0.25, 0.3) is 0 Å². The summed E-state index contributed by atoms with van der Waals surface area (Å²) < 4.78 is 0. The Morgan fingerprint density at radius 1 is 1.62 bits per heavy atom. The monoisotopic (exact) mass is 188 g/mol. The van der Waals surface area contributed by atoms with Crippen LogP contribution in [0.5, 0.6) is 0 Å². The molecule has 1 unspecified atom stereocenters. The first-order chi connectivity index (χ1) is 6.24. The van der Waals surface area contributed by atoms with Crippen molar-refractivity contribution in [1.82, 2.24) is 5.32 Å². The van der Waals surface area contributed by atoms with Crippen LogP contribution in [0, 0.1) is 0 Å². The lowest BCUT2D eigenvalue weighted by molar-refractivity contribution is -0.121. The van der Waals surface area contributed by atoms with Crippen molar-refractivity contribution in [3.8, 4) is 0 Å². The van der Waals surface area contributed by atoms with Crippen LogP contribution >= 0.6 is 0 Å². The smallest absolute Gasteiger partial charge is 0.220 e. The van der Waals surface area contributed by atoms with Crippen molar-refractivity contribution in [3.05, 3.63) is 0 Å². The number of aliphatic hydroxyl groups excluding tert-OH is 1. The lowest BCUT2D eigenvalue weighted by Crippen LogP contribution is -2.35. The fourth-order valence-corrected chi connectivity index (χ4v) is 1.10. The van der Waals surface area contributed by atoms with Crippen LogP contribution in [0.2, 0.25) is 0 Å². The third-order valence-corrected chi connectivity index (χ3v) is 1.94. The summed E-state index contributed by atoms with van der Waals surface area (Å²) in [6.45, 7) is 2.66. The van der Waals surface area contributed by atoms with Crippen LogP contribution in [0.1, 0.15) is 32.6 Å². The van der Waals surface area contributed by atoms with Gasteiger partial charge in [-0.25, -0.2) is 0 Å². The molecule has 0 radical (unpaired) electrons. The van der Waals surface area contributed by atoms with Gasteiger partial charge >= 0.3 is 0 Å². The van der Waals surface area contributed by atoms with Crippen molar-refractivity contribution in [2.24, 2.45) is 5.73 Å². The van der Waals surface area contributed by atoms with Crippen LogP contribution < -0.4 is 11.1 Å². The zero-order chi connectivity index (χ0) is 10.1. The van der Waals surface area contributed by atoms with E-state index in [4.69, 9.17) is 10.8 Å². The number of hydrogen-bond donors (Lipinski definition) is 3. The molecule has 0 aromatic heterocycles. The van der Waals surface area contributed by atoms with Crippen LogP contribution in [0.4, 0.5) is 0 Å². The molecule has 0 saturated heterocycles. The average molecular weight is 188 g/mol. The summed E-state index contributed by atoms with van der Waals surface area (Å²) >= 11 is 0. The van der Waals surface area contributed by atoms with Crippen molar-refractivity contribution in [3.63, 3.8) is 0 Å². The van der Waals surface area contributed by atoms with Gasteiger partial charge in [-0.05, 0) is 25.8 Å². The summed E-state index contributed by atoms with van der Waals surface area (Å²) in [5.74, 6) is 0.0331. The van der Waals surface area contributed by atoms with E-state index < -0.39 is 0 Å². The molecular formula is C9H20N2O2. The predicted molar refractivity (Wildman–Crippen MR) is 52.2 cm³/mol. The second kappa shape index (κ2) is 8.01. The molecule has 0 spiro atoms. The minimum absolute atomic E-state index is 0.0331. The summed E-state index contributed by atoms with van der Waals surface area (Å²) in [6.07, 6.45) is 2.69. The maximum absolute atomic E-state index is 11.2. The number of aliphatic hydroxyl groups is 1. The molecule has 0 aliphatic heterocycles. The Morgan fingerprint density at radius 3 is 2.77 bits per heavy atom. The van der Waals surface area contributed by atoms with Gasteiger partial charge in [-0.15, -0.1) is 0 Å². The van der Waals surface area contributed by atoms with Crippen molar-refractivity contribution in [1.29, 1.82) is 0 Å². The number of carbonyl (C=O) groups is 1. The fourth-order valence-electron chi connectivity index (χ4n) is 1.10. The highest BCUT2D eigenvalue weighted by atomic mass is 16.3. The molecule has 0 aromatic carbocycles. The first kappa shape index (κ1) is 12.4. The van der Waals surface area contributed by atoms with E-state index in [-0.39, 0.29) is 18.6 Å². The molecule has 78 valence electrons. The lowest BCUT2D eigenvalue weighted by Gasteiger charge is -2.15. The number of hydrogen-bond acceptors (Lipinski definition) is 3. The van der Waals surface area contributed by atoms with Crippen LogP contribution in [0.3, 0.4) is 0 Å². The SMILES string of the molecule is CCC(CCO)NC(=O)CCCN. The molecule has 4 heteroatoms. The molecular weight excluding hydrogens is 168 g/mol. The molecule has 0 aromatic rings. The summed E-state index contributed by atoms with van der Waals surface area (Å²) in [4.78, 5) is 11.2. The number of nitrogens with two attached hydrogens (primary N) is 1. The Hall–Kier alpha value is -0.610. The molecule has 0 rings (SSSR count). The minimum Gasteiger partial charge on any atom is -0.396 e. The number of rotatable bonds is 7. The highest BCUT2D eigenvalue weighted by Gasteiger charge is 2.08. The quantitative estimate of drug-likeness (QED) is 0.526. The highest BCUT2D eigenvalue weighted by molar-refractivity contribution is 5.76. The standard InChI is InChI=1S/C9H20N2O2/c1-2-8(5-7-12)11-9(13)4-3-6-10/h8,12H,2-7,10H2,1H3,(H,11,13). The largest absolute Gasteiger partial charge is 0.396 e. The van der Waals surface area contributed by atoms with Gasteiger partial charge in [0.1, 0.15) is 0 Å². The number of nitrogens with one attached hydrogen (secondary N) is 1. The zero-order valence-electron chi connectivity index (χ0n) is 8.25. The fraction of sp³-hybridized carbons (Fsp3) is 0.889. The maximum atomic E-state index is 11.2. The second-order valence-electron chi connectivity index (χ2n) is 3.08. The maximum Gasteiger partial charge on any atom is 0.220 e. The van der Waals surface area contributed by atoms with E-state index >= 15 is 0 Å². The van der Waals surface area contributed by atoms with Gasteiger partial charge in [0.2, 0.25) is 5.91 Å². The Labute approximate surface area is 79.5 Å². The van der Waals surface area contributed by atoms with E-state index in [1.165, 1.54) is 0 Å². The molecule has 0 heterocycles. The van der Waals surface area contributed by atoms with Gasteiger partial charge in [0.15, 0.2) is 0 Å². The Morgan fingerprint density at radius 2 is 2.31 bits per heavy atom. The van der Waals surface area contributed by atoms with Gasteiger partial charge in [-0.3, -0.25) is 4.79 Å². The van der Waals surface area contributed by atoms with Crippen molar-refractivity contribution >= 4 is 5.91 Å². The number of carbonyl (C=O) groups excluding carboxylic acids is 1. The highest BCUT2D eigenvalue weighted by Crippen LogP contribution is 1.97. The first-order valence-corrected chi connectivity index (χ1v) is 4.84. The van der Waals surface area contributed by atoms with Gasteiger partial charge in [-0.1, -0.05) is 6.92 Å². The molecule has 0 aliphatic rings. The third kappa shape index (κ3) is 6.54. The van der Waals surface area contributed by atoms with E-state index in [0.717, 1.165) is 12.8 Å². The summed E-state index contributed by atoms with van der Waals surface area (Å²) in [7, 11) is 0. The molecule has 0 saturated carbocycles. The lowest BCUT2D eigenvalue weighted by atomic mass is 10.1. The van der Waals surface area contributed by atoms with E-state index in [2.05, 4.69) is 5.32 Å². The normalized spacial score (nSPS) is 12.5. The molecule has 0 bridgehead atoms. The molecule has 13 heavy (non-hydrogen) atoms. The summed E-state index contributed by atoms with van der Waals surface area (Å²) in [5, 5.41) is 11.5. The Balaban J connectivity index is 3.60. The minimum atomic E-state index is 0.0331. The van der Waals surface area contributed by atoms with E-state index in [9.17, 15) is 4.79 Å². The van der Waals surface area contributed by atoms with Gasteiger partial charge in [0.05, 0.1) is 0 Å². The molecule has 0 aliphatic carbocycles. The van der Waals surface area contributed by atoms with Crippen LogP contribution in [-0.4, -0.2) is 30.2 Å². The molecule has 1 amide bonds. The van der Waals surface area contributed by atoms with Gasteiger partial charge < -0.3 is 16.2 Å². The topological polar surface area (TPSA) is 75.3 Å². The molecule has 0 fully saturated rings. The molecule has 4 N–H and O–H groups in total. The molecule has 1 atom stereocenters. The molecule has 4 nitrogen and oxygen atoms in total. The van der Waals surface area contributed by atoms with E-state index in [1.54, 1.807) is 0 Å². The van der Waals surface area contributed by atoms with Crippen LogP contribution in [-0.2, 0) is 4.79 Å². The van der Waals surface area contributed by atoms with E-state index in [0.29, 0.717) is 19.4 Å². The van der Waals surface area contributed by atoms with Gasteiger partial charge in [0.25, 0.3) is 0 Å². The Bertz CT molecular complexity index is 140. The summed E-state index contributed by atoms with van der Waals surface area (Å²) in [6, 6.07) is 0.107. The van der Waals surface area contributed by atoms with Crippen LogP contribution in [0.15, 0.2) is 0 Å². The predicted octanol–water partition coefficient (Wildman–Crippen LogP) is 0.00250. The zero-order valence-corrected chi connectivity index (χ0v) is 8.25. The van der Waals surface area contributed by atoms with E-state index in [1.807, 2.05) is 6.92 Å². The van der Waals surface area contributed by atoms with Gasteiger partial charge in [0, 0.05) is 19.1 Å². The average Bonchev–Trinajstić information content (AvgIpc) is 2.14. The van der Waals surface area contributed by atoms with Crippen molar-refractivity contribution in [2.75, 3.05) is 13.2 Å². The van der Waals surface area contributed by atoms with Crippen molar-refractivity contribution < 1.29 is 9.90 Å². The summed E-state index contributed by atoms with van der Waals surface area (Å²) in [5.41, 5.74) is 5.28. The van der Waals surface area contributed by atoms with Crippen molar-refractivity contribution in [2.45, 2.75) is 38.6 Å². The first-order valence-electron chi connectivity index (χ1n) is 4.84. The third-order valence-electron chi connectivity index (χ3n) is 1.94. The Kier molecular flexibility index (Phi) is 7.63. The van der Waals surface area contributed by atoms with Gasteiger partial charge in [-0.2, -0.15) is 0 Å². The second-order valence-corrected chi connectivity index (χ2v) is 3.08.